The molecule has 0 fully saturated rings. The van der Waals surface area contributed by atoms with Crippen molar-refractivity contribution in [3.63, 3.8) is 0 Å². The molecule has 1 aromatic carbocycles. The van der Waals surface area contributed by atoms with Gasteiger partial charge in [0.05, 0.1) is 0 Å². The zero-order valence-corrected chi connectivity index (χ0v) is 9.42. The highest BCUT2D eigenvalue weighted by molar-refractivity contribution is 6.30. The quantitative estimate of drug-likeness (QED) is 0.824. The minimum Gasteiger partial charge on any atom is -0.356 e. The maximum atomic E-state index is 11.3. The molecule has 1 atom stereocenters. The molecule has 0 saturated heterocycles. The molecular formula is C11H15ClN2O. The van der Waals surface area contributed by atoms with Gasteiger partial charge in [-0.3, -0.25) is 4.79 Å². The average Bonchev–Trinajstić information content (AvgIpc) is 2.18. The number of amides is 1. The molecule has 0 bridgehead atoms. The third-order valence-corrected chi connectivity index (χ3v) is 2.29. The van der Waals surface area contributed by atoms with E-state index in [2.05, 4.69) is 5.32 Å². The molecule has 15 heavy (non-hydrogen) atoms. The van der Waals surface area contributed by atoms with Gasteiger partial charge in [0.2, 0.25) is 5.91 Å². The molecule has 0 saturated carbocycles. The first-order valence-electron chi connectivity index (χ1n) is 4.91. The van der Waals surface area contributed by atoms with Crippen molar-refractivity contribution in [3.8, 4) is 0 Å². The summed E-state index contributed by atoms with van der Waals surface area (Å²) in [5, 5.41) is 3.35. The maximum absolute atomic E-state index is 11.3. The van der Waals surface area contributed by atoms with E-state index >= 15 is 0 Å². The van der Waals surface area contributed by atoms with E-state index in [1.165, 1.54) is 0 Å². The molecule has 3 N–H and O–H groups in total. The van der Waals surface area contributed by atoms with Crippen LogP contribution in [0.1, 0.15) is 24.9 Å². The summed E-state index contributed by atoms with van der Waals surface area (Å²) in [6, 6.07) is 6.97. The summed E-state index contributed by atoms with van der Waals surface area (Å²) in [5.41, 5.74) is 6.76. The molecule has 0 aliphatic carbocycles. The number of carbonyl (C=O) groups excluding carboxylic acids is 1. The van der Waals surface area contributed by atoms with Gasteiger partial charge < -0.3 is 11.1 Å². The van der Waals surface area contributed by atoms with E-state index in [4.69, 9.17) is 17.3 Å². The van der Waals surface area contributed by atoms with Gasteiger partial charge in [-0.2, -0.15) is 0 Å². The molecule has 1 amide bonds. The normalized spacial score (nSPS) is 12.2. The number of halogens is 1. The summed E-state index contributed by atoms with van der Waals surface area (Å²) in [6.07, 6.45) is 0.286. The number of rotatable bonds is 4. The summed E-state index contributed by atoms with van der Waals surface area (Å²) in [6.45, 7) is 2.50. The Morgan fingerprint density at radius 3 is 2.93 bits per heavy atom. The van der Waals surface area contributed by atoms with E-state index in [1.54, 1.807) is 12.1 Å². The van der Waals surface area contributed by atoms with Crippen LogP contribution in [-0.2, 0) is 4.79 Å². The average molecular weight is 227 g/mol. The first kappa shape index (κ1) is 12.0. The van der Waals surface area contributed by atoms with Crippen LogP contribution in [0, 0.1) is 0 Å². The van der Waals surface area contributed by atoms with Gasteiger partial charge in [0.1, 0.15) is 0 Å². The predicted molar refractivity (Wildman–Crippen MR) is 61.7 cm³/mol. The van der Waals surface area contributed by atoms with Crippen molar-refractivity contribution < 1.29 is 4.79 Å². The molecule has 0 aliphatic heterocycles. The smallest absolute Gasteiger partial charge is 0.221 e. The van der Waals surface area contributed by atoms with Crippen LogP contribution in [-0.4, -0.2) is 12.5 Å². The van der Waals surface area contributed by atoms with E-state index in [0.717, 1.165) is 5.56 Å². The summed E-state index contributed by atoms with van der Waals surface area (Å²) in [4.78, 5) is 11.3. The first-order chi connectivity index (χ1) is 7.13. The van der Waals surface area contributed by atoms with Crippen molar-refractivity contribution in [2.75, 3.05) is 6.54 Å². The number of hydrogen-bond donors (Lipinski definition) is 2. The molecule has 4 heteroatoms. The third kappa shape index (κ3) is 3.90. The number of benzene rings is 1. The standard InChI is InChI=1S/C11H15ClN2O/c1-2-14-11(15)7-10(13)8-4-3-5-9(12)6-8/h3-6,10H,2,7,13H2,1H3,(H,14,15). The highest BCUT2D eigenvalue weighted by atomic mass is 35.5. The van der Waals surface area contributed by atoms with E-state index < -0.39 is 0 Å². The van der Waals surface area contributed by atoms with Gasteiger partial charge in [-0.15, -0.1) is 0 Å². The number of nitrogens with one attached hydrogen (secondary N) is 1. The first-order valence-corrected chi connectivity index (χ1v) is 5.29. The molecule has 0 heterocycles. The van der Waals surface area contributed by atoms with Gasteiger partial charge in [-0.05, 0) is 24.6 Å². The van der Waals surface area contributed by atoms with Crippen molar-refractivity contribution in [3.05, 3.63) is 34.9 Å². The minimum atomic E-state index is -0.296. The van der Waals surface area contributed by atoms with Gasteiger partial charge in [0.25, 0.3) is 0 Å². The minimum absolute atomic E-state index is 0.0371. The molecular weight excluding hydrogens is 212 g/mol. The lowest BCUT2D eigenvalue weighted by atomic mass is 10.0. The fraction of sp³-hybridized carbons (Fsp3) is 0.364. The molecule has 0 aliphatic rings. The Kier molecular flexibility index (Phi) is 4.59. The van der Waals surface area contributed by atoms with Gasteiger partial charge in [-0.25, -0.2) is 0 Å². The van der Waals surface area contributed by atoms with Crippen LogP contribution in [0.2, 0.25) is 5.02 Å². The lowest BCUT2D eigenvalue weighted by Gasteiger charge is -2.11. The summed E-state index contributed by atoms with van der Waals surface area (Å²) in [5.74, 6) is -0.0371. The Bertz CT molecular complexity index is 341. The Morgan fingerprint density at radius 2 is 2.33 bits per heavy atom. The molecule has 82 valence electrons. The highest BCUT2D eigenvalue weighted by Crippen LogP contribution is 2.18. The molecule has 0 aromatic heterocycles. The predicted octanol–water partition coefficient (Wildman–Crippen LogP) is 1.87. The topological polar surface area (TPSA) is 55.1 Å². The van der Waals surface area contributed by atoms with Crippen LogP contribution in [0.4, 0.5) is 0 Å². The molecule has 1 rings (SSSR count). The Balaban J connectivity index is 2.60. The Morgan fingerprint density at radius 1 is 1.60 bits per heavy atom. The van der Waals surface area contributed by atoms with E-state index in [-0.39, 0.29) is 18.4 Å². The second-order valence-electron chi connectivity index (χ2n) is 3.32. The lowest BCUT2D eigenvalue weighted by Crippen LogP contribution is -2.27. The van der Waals surface area contributed by atoms with Gasteiger partial charge in [0, 0.05) is 24.0 Å². The van der Waals surface area contributed by atoms with Gasteiger partial charge in [0.15, 0.2) is 0 Å². The van der Waals surface area contributed by atoms with Crippen LogP contribution in [0.25, 0.3) is 0 Å². The molecule has 0 radical (unpaired) electrons. The van der Waals surface area contributed by atoms with Crippen LogP contribution >= 0.6 is 11.6 Å². The molecule has 1 unspecified atom stereocenters. The van der Waals surface area contributed by atoms with Crippen molar-refractivity contribution in [2.45, 2.75) is 19.4 Å². The zero-order valence-electron chi connectivity index (χ0n) is 8.66. The SMILES string of the molecule is CCNC(=O)CC(N)c1cccc(Cl)c1. The summed E-state index contributed by atoms with van der Waals surface area (Å²) >= 11 is 5.83. The van der Waals surface area contributed by atoms with Crippen LogP contribution < -0.4 is 11.1 Å². The van der Waals surface area contributed by atoms with Crippen molar-refractivity contribution in [2.24, 2.45) is 5.73 Å². The second kappa shape index (κ2) is 5.73. The molecule has 3 nitrogen and oxygen atoms in total. The third-order valence-electron chi connectivity index (χ3n) is 2.06. The fourth-order valence-corrected chi connectivity index (χ4v) is 1.52. The Labute approximate surface area is 94.6 Å². The van der Waals surface area contributed by atoms with Crippen molar-refractivity contribution in [1.29, 1.82) is 0 Å². The van der Waals surface area contributed by atoms with E-state index in [1.807, 2.05) is 19.1 Å². The lowest BCUT2D eigenvalue weighted by molar-refractivity contribution is -0.121. The molecule has 0 spiro atoms. The number of carbonyl (C=O) groups is 1. The summed E-state index contributed by atoms with van der Waals surface area (Å²) < 4.78 is 0. The zero-order chi connectivity index (χ0) is 11.3. The number of nitrogens with two attached hydrogens (primary N) is 1. The largest absolute Gasteiger partial charge is 0.356 e. The fourth-order valence-electron chi connectivity index (χ4n) is 1.32. The van der Waals surface area contributed by atoms with E-state index in [9.17, 15) is 4.79 Å². The van der Waals surface area contributed by atoms with E-state index in [0.29, 0.717) is 11.6 Å². The second-order valence-corrected chi connectivity index (χ2v) is 3.76. The maximum Gasteiger partial charge on any atom is 0.221 e. The van der Waals surface area contributed by atoms with Crippen molar-refractivity contribution in [1.82, 2.24) is 5.32 Å². The monoisotopic (exact) mass is 226 g/mol. The van der Waals surface area contributed by atoms with Crippen LogP contribution in [0.5, 0.6) is 0 Å². The van der Waals surface area contributed by atoms with Crippen LogP contribution in [0.15, 0.2) is 24.3 Å². The van der Waals surface area contributed by atoms with Crippen LogP contribution in [0.3, 0.4) is 0 Å². The van der Waals surface area contributed by atoms with Gasteiger partial charge >= 0.3 is 0 Å². The number of hydrogen-bond acceptors (Lipinski definition) is 2. The van der Waals surface area contributed by atoms with Crippen molar-refractivity contribution >= 4 is 17.5 Å². The van der Waals surface area contributed by atoms with Gasteiger partial charge in [-0.1, -0.05) is 23.7 Å². The highest BCUT2D eigenvalue weighted by Gasteiger charge is 2.10. The molecule has 1 aromatic rings. The Hall–Kier alpha value is -1.06. The summed E-state index contributed by atoms with van der Waals surface area (Å²) in [7, 11) is 0.